The average Bonchev–Trinajstić information content (AvgIpc) is 2.65. The molecule has 0 aliphatic carbocycles. The summed E-state index contributed by atoms with van der Waals surface area (Å²) < 4.78 is 0. The third-order valence-corrected chi connectivity index (χ3v) is 4.13. The van der Waals surface area contributed by atoms with Gasteiger partial charge in [0.05, 0.1) is 16.0 Å². The zero-order chi connectivity index (χ0) is 13.3. The van der Waals surface area contributed by atoms with E-state index in [0.717, 1.165) is 12.1 Å². The fourth-order valence-electron chi connectivity index (χ4n) is 2.41. The topological polar surface area (TPSA) is 40.5 Å². The molecular weight excluding hydrogens is 273 g/mol. The van der Waals surface area contributed by atoms with Crippen LogP contribution in [0.25, 0.3) is 0 Å². The van der Waals surface area contributed by atoms with Crippen molar-refractivity contribution >= 4 is 29.2 Å². The first-order valence-electron chi connectivity index (χ1n) is 5.86. The monoisotopic (exact) mass is 287 g/mol. The molecule has 1 aliphatic rings. The highest BCUT2D eigenvalue weighted by Gasteiger charge is 2.34. The Hall–Kier alpha value is -0.770. The summed E-state index contributed by atoms with van der Waals surface area (Å²) in [4.78, 5) is 13.2. The predicted molar refractivity (Wildman–Crippen MR) is 72.0 cm³/mol. The Morgan fingerprint density at radius 1 is 1.39 bits per heavy atom. The molecule has 1 fully saturated rings. The molecule has 2 rings (SSSR count). The van der Waals surface area contributed by atoms with Crippen molar-refractivity contribution in [3.05, 3.63) is 33.8 Å². The van der Waals surface area contributed by atoms with E-state index in [9.17, 15) is 4.79 Å². The van der Waals surface area contributed by atoms with E-state index in [1.807, 2.05) is 19.1 Å². The number of carboxylic acids is 1. The number of hydrogen-bond donors (Lipinski definition) is 1. The van der Waals surface area contributed by atoms with Gasteiger partial charge in [0.2, 0.25) is 0 Å². The smallest absolute Gasteiger partial charge is 0.308 e. The largest absolute Gasteiger partial charge is 0.481 e. The number of halogens is 2. The Morgan fingerprint density at radius 3 is 2.67 bits per heavy atom. The lowest BCUT2D eigenvalue weighted by atomic mass is 9.99. The summed E-state index contributed by atoms with van der Waals surface area (Å²) in [7, 11) is 0. The molecule has 1 aromatic carbocycles. The van der Waals surface area contributed by atoms with Crippen molar-refractivity contribution in [1.82, 2.24) is 4.90 Å². The van der Waals surface area contributed by atoms with Crippen molar-refractivity contribution in [2.24, 2.45) is 11.8 Å². The van der Waals surface area contributed by atoms with Gasteiger partial charge in [0.1, 0.15) is 0 Å². The van der Waals surface area contributed by atoms with Gasteiger partial charge in [-0.15, -0.1) is 0 Å². The van der Waals surface area contributed by atoms with Crippen molar-refractivity contribution in [3.8, 4) is 0 Å². The van der Waals surface area contributed by atoms with Crippen LogP contribution in [0.3, 0.4) is 0 Å². The molecule has 1 heterocycles. The molecule has 0 unspecified atom stereocenters. The minimum absolute atomic E-state index is 0.185. The van der Waals surface area contributed by atoms with Crippen molar-refractivity contribution in [3.63, 3.8) is 0 Å². The molecule has 0 radical (unpaired) electrons. The molecule has 0 spiro atoms. The first kappa shape index (κ1) is 13.7. The number of aliphatic carboxylic acids is 1. The Kier molecular flexibility index (Phi) is 4.15. The van der Waals surface area contributed by atoms with Crippen LogP contribution >= 0.6 is 23.2 Å². The molecule has 18 heavy (non-hydrogen) atoms. The molecule has 1 saturated heterocycles. The lowest BCUT2D eigenvalue weighted by molar-refractivity contribution is -0.142. The molecule has 98 valence electrons. The third-order valence-electron chi connectivity index (χ3n) is 3.40. The predicted octanol–water partition coefficient (Wildman–Crippen LogP) is 3.15. The van der Waals surface area contributed by atoms with E-state index in [-0.39, 0.29) is 11.8 Å². The van der Waals surface area contributed by atoms with Crippen molar-refractivity contribution < 1.29 is 9.90 Å². The van der Waals surface area contributed by atoms with Crippen LogP contribution in [0, 0.1) is 11.8 Å². The normalized spacial score (nSPS) is 24.4. The molecule has 5 heteroatoms. The van der Waals surface area contributed by atoms with Gasteiger partial charge in [0.25, 0.3) is 0 Å². The fourth-order valence-corrected chi connectivity index (χ4v) is 2.73. The van der Waals surface area contributed by atoms with Crippen LogP contribution < -0.4 is 0 Å². The molecule has 1 aliphatic heterocycles. The van der Waals surface area contributed by atoms with Gasteiger partial charge in [-0.1, -0.05) is 36.2 Å². The number of carbonyl (C=O) groups is 1. The maximum atomic E-state index is 11.0. The average molecular weight is 288 g/mol. The van der Waals surface area contributed by atoms with Crippen molar-refractivity contribution in [1.29, 1.82) is 0 Å². The summed E-state index contributed by atoms with van der Waals surface area (Å²) in [5, 5.41) is 10.2. The molecule has 1 N–H and O–H groups in total. The Balaban J connectivity index is 2.03. The van der Waals surface area contributed by atoms with Crippen LogP contribution in [0.4, 0.5) is 0 Å². The molecule has 0 aromatic heterocycles. The standard InChI is InChI=1S/C13H15Cl2NO2/c1-8-5-16(7-10(8)13(17)18)6-9-2-3-11(14)12(15)4-9/h2-4,8,10H,5-7H2,1H3,(H,17,18)/t8-,10-/m1/s1. The number of likely N-dealkylation sites (tertiary alicyclic amines) is 1. The van der Waals surface area contributed by atoms with E-state index in [1.165, 1.54) is 0 Å². The zero-order valence-corrected chi connectivity index (χ0v) is 11.6. The van der Waals surface area contributed by atoms with E-state index in [1.54, 1.807) is 6.07 Å². The van der Waals surface area contributed by atoms with Gasteiger partial charge in [-0.05, 0) is 23.6 Å². The lowest BCUT2D eigenvalue weighted by Gasteiger charge is -2.15. The Bertz CT molecular complexity index is 464. The maximum absolute atomic E-state index is 11.0. The molecule has 2 atom stereocenters. The second-order valence-corrected chi connectivity index (χ2v) is 5.68. The van der Waals surface area contributed by atoms with Gasteiger partial charge >= 0.3 is 5.97 Å². The van der Waals surface area contributed by atoms with Crippen LogP contribution in [-0.4, -0.2) is 29.1 Å². The molecule has 0 bridgehead atoms. The highest BCUT2D eigenvalue weighted by molar-refractivity contribution is 6.42. The highest BCUT2D eigenvalue weighted by Crippen LogP contribution is 2.27. The van der Waals surface area contributed by atoms with E-state index in [0.29, 0.717) is 23.1 Å². The van der Waals surface area contributed by atoms with Crippen molar-refractivity contribution in [2.45, 2.75) is 13.5 Å². The summed E-state index contributed by atoms with van der Waals surface area (Å²) >= 11 is 11.8. The number of benzene rings is 1. The minimum atomic E-state index is -0.709. The van der Waals surface area contributed by atoms with Crippen molar-refractivity contribution in [2.75, 3.05) is 13.1 Å². The van der Waals surface area contributed by atoms with Crippen LogP contribution in [0.1, 0.15) is 12.5 Å². The van der Waals surface area contributed by atoms with Gasteiger partial charge in [0, 0.05) is 19.6 Å². The number of rotatable bonds is 3. The summed E-state index contributed by atoms with van der Waals surface area (Å²) in [6.45, 7) is 4.09. The summed E-state index contributed by atoms with van der Waals surface area (Å²) in [5.74, 6) is -0.794. The van der Waals surface area contributed by atoms with E-state index < -0.39 is 5.97 Å². The third kappa shape index (κ3) is 2.97. The zero-order valence-electron chi connectivity index (χ0n) is 10.1. The summed E-state index contributed by atoms with van der Waals surface area (Å²) in [5.41, 5.74) is 1.06. The molecular formula is C13H15Cl2NO2. The van der Waals surface area contributed by atoms with E-state index in [4.69, 9.17) is 28.3 Å². The maximum Gasteiger partial charge on any atom is 0.308 e. The van der Waals surface area contributed by atoms with Gasteiger partial charge in [-0.3, -0.25) is 9.69 Å². The van der Waals surface area contributed by atoms with Gasteiger partial charge in [0.15, 0.2) is 0 Å². The first-order chi connectivity index (χ1) is 8.47. The molecule has 3 nitrogen and oxygen atoms in total. The molecule has 0 saturated carbocycles. The van der Waals surface area contributed by atoms with Crippen LogP contribution in [0.5, 0.6) is 0 Å². The van der Waals surface area contributed by atoms with Gasteiger partial charge in [-0.2, -0.15) is 0 Å². The summed E-state index contributed by atoms with van der Waals surface area (Å²) in [6.07, 6.45) is 0. The van der Waals surface area contributed by atoms with Gasteiger partial charge < -0.3 is 5.11 Å². The molecule has 1 aromatic rings. The van der Waals surface area contributed by atoms with Crippen LogP contribution in [-0.2, 0) is 11.3 Å². The SMILES string of the molecule is C[C@@H]1CN(Cc2ccc(Cl)c(Cl)c2)C[C@H]1C(=O)O. The van der Waals surface area contributed by atoms with Gasteiger partial charge in [-0.25, -0.2) is 0 Å². The van der Waals surface area contributed by atoms with E-state index >= 15 is 0 Å². The van der Waals surface area contributed by atoms with Crippen LogP contribution in [0.2, 0.25) is 10.0 Å². The molecule has 0 amide bonds. The lowest BCUT2D eigenvalue weighted by Crippen LogP contribution is -2.23. The fraction of sp³-hybridized carbons (Fsp3) is 0.462. The quantitative estimate of drug-likeness (QED) is 0.929. The second kappa shape index (κ2) is 5.47. The van der Waals surface area contributed by atoms with Crippen LogP contribution in [0.15, 0.2) is 18.2 Å². The second-order valence-electron chi connectivity index (χ2n) is 4.86. The number of carboxylic acid groups (broad SMARTS) is 1. The minimum Gasteiger partial charge on any atom is -0.481 e. The highest BCUT2D eigenvalue weighted by atomic mass is 35.5. The first-order valence-corrected chi connectivity index (χ1v) is 6.62. The number of nitrogens with zero attached hydrogens (tertiary/aromatic N) is 1. The number of hydrogen-bond acceptors (Lipinski definition) is 2. The Morgan fingerprint density at radius 2 is 2.11 bits per heavy atom. The Labute approximate surface area is 116 Å². The summed E-state index contributed by atoms with van der Waals surface area (Å²) in [6, 6.07) is 5.53. The van der Waals surface area contributed by atoms with E-state index in [2.05, 4.69) is 4.90 Å².